The van der Waals surface area contributed by atoms with Crippen LogP contribution in [0.25, 0.3) is 0 Å². The number of aromatic nitrogens is 4. The third-order valence-electron chi connectivity index (χ3n) is 3.90. The summed E-state index contributed by atoms with van der Waals surface area (Å²) in [7, 11) is 1.76. The quantitative estimate of drug-likeness (QED) is 0.751. The molecule has 132 valence electrons. The van der Waals surface area contributed by atoms with Crippen LogP contribution in [0.5, 0.6) is 0 Å². The number of tetrazole rings is 1. The number of aryl methyl sites for hydroxylation is 1. The van der Waals surface area contributed by atoms with E-state index < -0.39 is 0 Å². The molecular weight excluding hydrogens is 340 g/mol. The molecule has 1 aromatic carbocycles. The Morgan fingerprint density at radius 1 is 1.40 bits per heavy atom. The van der Waals surface area contributed by atoms with Crippen molar-refractivity contribution >= 4 is 29.3 Å². The summed E-state index contributed by atoms with van der Waals surface area (Å²) in [6, 6.07) is 7.64. The molecule has 0 atom stereocenters. The molecular formula is C16H20N6O2S. The topological polar surface area (TPSA) is 93.0 Å². The molecule has 1 aromatic heterocycles. The molecule has 0 unspecified atom stereocenters. The third-order valence-corrected chi connectivity index (χ3v) is 4.91. The molecule has 2 heterocycles. The Kier molecular flexibility index (Phi) is 5.64. The molecule has 2 amide bonds. The maximum absolute atomic E-state index is 12.1. The average Bonchev–Trinajstić information content (AvgIpc) is 3.17. The first-order valence-electron chi connectivity index (χ1n) is 8.13. The minimum absolute atomic E-state index is 0.0583. The largest absolute Gasteiger partial charge is 0.338 e. The minimum Gasteiger partial charge on any atom is -0.338 e. The molecule has 25 heavy (non-hydrogen) atoms. The normalized spacial score (nSPS) is 14.1. The van der Waals surface area contributed by atoms with Gasteiger partial charge in [0.2, 0.25) is 17.0 Å². The van der Waals surface area contributed by atoms with Crippen molar-refractivity contribution in [3.05, 3.63) is 29.8 Å². The van der Waals surface area contributed by atoms with Crippen LogP contribution in [0.3, 0.4) is 0 Å². The van der Waals surface area contributed by atoms with E-state index in [0.29, 0.717) is 30.3 Å². The number of nitrogens with zero attached hydrogens (tertiary/aromatic N) is 5. The van der Waals surface area contributed by atoms with Crippen molar-refractivity contribution < 1.29 is 9.59 Å². The summed E-state index contributed by atoms with van der Waals surface area (Å²) in [5.41, 5.74) is 1.77. The summed E-state index contributed by atoms with van der Waals surface area (Å²) in [6.45, 7) is 1.40. The van der Waals surface area contributed by atoms with Crippen LogP contribution in [0.2, 0.25) is 0 Å². The van der Waals surface area contributed by atoms with Crippen molar-refractivity contribution in [2.24, 2.45) is 7.05 Å². The predicted molar refractivity (Wildman–Crippen MR) is 93.9 cm³/mol. The molecule has 1 saturated heterocycles. The second kappa shape index (κ2) is 8.11. The van der Waals surface area contributed by atoms with Gasteiger partial charge in [0.05, 0.1) is 0 Å². The molecule has 1 aliphatic rings. The van der Waals surface area contributed by atoms with Crippen molar-refractivity contribution in [2.75, 3.05) is 17.6 Å². The van der Waals surface area contributed by atoms with Gasteiger partial charge >= 0.3 is 0 Å². The highest BCUT2D eigenvalue weighted by molar-refractivity contribution is 7.99. The summed E-state index contributed by atoms with van der Waals surface area (Å²) < 4.78 is 1.58. The van der Waals surface area contributed by atoms with Crippen LogP contribution in [0, 0.1) is 0 Å². The summed E-state index contributed by atoms with van der Waals surface area (Å²) in [5.74, 6) is 0.740. The number of anilines is 1. The Balaban J connectivity index is 1.48. The molecule has 0 saturated carbocycles. The summed E-state index contributed by atoms with van der Waals surface area (Å²) in [6.07, 6.45) is 1.93. The van der Waals surface area contributed by atoms with E-state index in [1.54, 1.807) is 11.7 Å². The lowest BCUT2D eigenvalue weighted by Gasteiger charge is -2.16. The molecule has 0 bridgehead atoms. The van der Waals surface area contributed by atoms with E-state index >= 15 is 0 Å². The van der Waals surface area contributed by atoms with Crippen molar-refractivity contribution in [3.63, 3.8) is 0 Å². The second-order valence-corrected chi connectivity index (χ2v) is 6.91. The number of carbonyl (C=O) groups is 2. The number of nitrogens with one attached hydrogen (secondary N) is 1. The lowest BCUT2D eigenvalue weighted by molar-refractivity contribution is -0.128. The van der Waals surface area contributed by atoms with Crippen molar-refractivity contribution in [2.45, 2.75) is 31.0 Å². The number of hydrogen-bond donors (Lipinski definition) is 1. The lowest BCUT2D eigenvalue weighted by atomic mass is 10.2. The van der Waals surface area contributed by atoms with Crippen molar-refractivity contribution in [1.29, 1.82) is 0 Å². The third kappa shape index (κ3) is 4.79. The first-order chi connectivity index (χ1) is 12.1. The molecule has 2 aromatic rings. The van der Waals surface area contributed by atoms with E-state index in [1.807, 2.05) is 29.2 Å². The van der Waals surface area contributed by atoms with E-state index in [0.717, 1.165) is 24.2 Å². The molecule has 8 nitrogen and oxygen atoms in total. The van der Waals surface area contributed by atoms with Crippen molar-refractivity contribution in [3.8, 4) is 0 Å². The Morgan fingerprint density at radius 2 is 2.28 bits per heavy atom. The van der Waals surface area contributed by atoms with Gasteiger partial charge in [-0.15, -0.1) is 5.10 Å². The highest BCUT2D eigenvalue weighted by Gasteiger charge is 2.20. The Labute approximate surface area is 150 Å². The van der Waals surface area contributed by atoms with Gasteiger partial charge in [0.25, 0.3) is 0 Å². The monoisotopic (exact) mass is 360 g/mol. The van der Waals surface area contributed by atoms with Crippen LogP contribution in [-0.2, 0) is 23.2 Å². The van der Waals surface area contributed by atoms with Crippen molar-refractivity contribution in [1.82, 2.24) is 25.1 Å². The van der Waals surface area contributed by atoms with Crippen LogP contribution in [0.4, 0.5) is 5.69 Å². The SMILES string of the molecule is Cn1nnnc1SCCC(=O)Nc1cccc(CN2CCCC2=O)c1. The van der Waals surface area contributed by atoms with Gasteiger partial charge in [0.1, 0.15) is 0 Å². The average molecular weight is 360 g/mol. The fourth-order valence-electron chi connectivity index (χ4n) is 2.64. The summed E-state index contributed by atoms with van der Waals surface area (Å²) >= 11 is 1.44. The number of rotatable bonds is 7. The van der Waals surface area contributed by atoms with Crippen LogP contribution in [0.1, 0.15) is 24.8 Å². The predicted octanol–water partition coefficient (Wildman–Crippen LogP) is 1.45. The maximum atomic E-state index is 12.1. The van der Waals surface area contributed by atoms with Gasteiger partial charge < -0.3 is 10.2 Å². The van der Waals surface area contributed by atoms with Crippen LogP contribution >= 0.6 is 11.8 Å². The number of hydrogen-bond acceptors (Lipinski definition) is 6. The zero-order chi connectivity index (χ0) is 17.6. The zero-order valence-corrected chi connectivity index (χ0v) is 14.8. The molecule has 0 radical (unpaired) electrons. The fourth-order valence-corrected chi connectivity index (χ4v) is 3.43. The van der Waals surface area contributed by atoms with Gasteiger partial charge in [-0.3, -0.25) is 9.59 Å². The van der Waals surface area contributed by atoms with E-state index in [4.69, 9.17) is 0 Å². The van der Waals surface area contributed by atoms with Gasteiger partial charge in [-0.1, -0.05) is 23.9 Å². The summed E-state index contributed by atoms with van der Waals surface area (Å²) in [5, 5.41) is 14.8. The van der Waals surface area contributed by atoms with E-state index in [9.17, 15) is 9.59 Å². The number of carbonyl (C=O) groups excluding carboxylic acids is 2. The lowest BCUT2D eigenvalue weighted by Crippen LogP contribution is -2.23. The molecule has 1 N–H and O–H groups in total. The van der Waals surface area contributed by atoms with Crippen LogP contribution in [-0.4, -0.2) is 49.2 Å². The molecule has 1 aliphatic heterocycles. The first kappa shape index (κ1) is 17.4. The Hall–Kier alpha value is -2.42. The minimum atomic E-state index is -0.0583. The first-order valence-corrected chi connectivity index (χ1v) is 9.12. The molecule has 1 fully saturated rings. The summed E-state index contributed by atoms with van der Waals surface area (Å²) in [4.78, 5) is 25.7. The number of likely N-dealkylation sites (tertiary alicyclic amines) is 1. The molecule has 3 rings (SSSR count). The Bertz CT molecular complexity index is 763. The van der Waals surface area contributed by atoms with Gasteiger partial charge in [0.15, 0.2) is 0 Å². The molecule has 0 aliphatic carbocycles. The van der Waals surface area contributed by atoms with E-state index in [2.05, 4.69) is 20.8 Å². The maximum Gasteiger partial charge on any atom is 0.225 e. The molecule has 9 heteroatoms. The van der Waals surface area contributed by atoms with Crippen LogP contribution < -0.4 is 5.32 Å². The second-order valence-electron chi connectivity index (χ2n) is 5.85. The van der Waals surface area contributed by atoms with Crippen LogP contribution in [0.15, 0.2) is 29.4 Å². The van der Waals surface area contributed by atoms with Gasteiger partial charge in [-0.05, 0) is 34.5 Å². The highest BCUT2D eigenvalue weighted by Crippen LogP contribution is 2.18. The van der Waals surface area contributed by atoms with Gasteiger partial charge in [-0.25, -0.2) is 4.68 Å². The zero-order valence-electron chi connectivity index (χ0n) is 14.0. The number of amides is 2. The van der Waals surface area contributed by atoms with Gasteiger partial charge in [0, 0.05) is 44.4 Å². The standard InChI is InChI=1S/C16H20N6O2S/c1-21-16(18-19-20-21)25-9-7-14(23)17-13-5-2-4-12(10-13)11-22-8-3-6-15(22)24/h2,4-5,10H,3,6-9,11H2,1H3,(H,17,23). The Morgan fingerprint density at radius 3 is 3.00 bits per heavy atom. The molecule has 0 spiro atoms. The highest BCUT2D eigenvalue weighted by atomic mass is 32.2. The van der Waals surface area contributed by atoms with E-state index in [1.165, 1.54) is 11.8 Å². The van der Waals surface area contributed by atoms with E-state index in [-0.39, 0.29) is 11.8 Å². The smallest absolute Gasteiger partial charge is 0.225 e. The van der Waals surface area contributed by atoms with Gasteiger partial charge in [-0.2, -0.15) is 0 Å². The fraction of sp³-hybridized carbons (Fsp3) is 0.438. The number of thioether (sulfide) groups is 1. The number of benzene rings is 1.